The Morgan fingerprint density at radius 2 is 2.08 bits per heavy atom. The number of anilines is 1. The standard InChI is InChI=1S/C17H14N4O3S2/c22-14(20-10-4-6-11(7-5-10)21(23)24)8-25-16-15-12-2-1-3-13(12)26-17(15)19-9-18-16/h4-7,9H,1-3,8H2,(H,20,22). The third kappa shape index (κ3) is 3.27. The molecule has 3 aromatic rings. The lowest BCUT2D eigenvalue weighted by molar-refractivity contribution is -0.384. The van der Waals surface area contributed by atoms with E-state index in [9.17, 15) is 14.9 Å². The van der Waals surface area contributed by atoms with E-state index < -0.39 is 4.92 Å². The highest BCUT2D eigenvalue weighted by molar-refractivity contribution is 8.00. The Bertz CT molecular complexity index is 1000. The van der Waals surface area contributed by atoms with Crippen molar-refractivity contribution in [1.82, 2.24) is 9.97 Å². The number of aromatic nitrogens is 2. The number of non-ortho nitro benzene ring substituents is 1. The van der Waals surface area contributed by atoms with E-state index >= 15 is 0 Å². The molecule has 0 fully saturated rings. The zero-order valence-corrected chi connectivity index (χ0v) is 15.2. The number of carbonyl (C=O) groups is 1. The Labute approximate surface area is 157 Å². The first kappa shape index (κ1) is 16.9. The van der Waals surface area contributed by atoms with Crippen molar-refractivity contribution in [2.24, 2.45) is 0 Å². The van der Waals surface area contributed by atoms with E-state index in [1.54, 1.807) is 17.7 Å². The molecule has 1 aliphatic carbocycles. The molecule has 0 saturated carbocycles. The van der Waals surface area contributed by atoms with Crippen molar-refractivity contribution < 1.29 is 9.72 Å². The summed E-state index contributed by atoms with van der Waals surface area (Å²) in [4.78, 5) is 33.5. The molecule has 1 N–H and O–H groups in total. The van der Waals surface area contributed by atoms with Crippen LogP contribution in [0.1, 0.15) is 16.9 Å². The van der Waals surface area contributed by atoms with Crippen LogP contribution in [0, 0.1) is 10.1 Å². The van der Waals surface area contributed by atoms with Crippen LogP contribution in [0.25, 0.3) is 10.2 Å². The van der Waals surface area contributed by atoms with Crippen LogP contribution < -0.4 is 5.32 Å². The summed E-state index contributed by atoms with van der Waals surface area (Å²) in [5.74, 6) is 0.0377. The van der Waals surface area contributed by atoms with Crippen LogP contribution >= 0.6 is 23.1 Å². The summed E-state index contributed by atoms with van der Waals surface area (Å²) >= 11 is 3.11. The van der Waals surface area contributed by atoms with Gasteiger partial charge in [0.1, 0.15) is 16.2 Å². The van der Waals surface area contributed by atoms with Gasteiger partial charge in [0.15, 0.2) is 0 Å². The number of nitrogens with zero attached hydrogens (tertiary/aromatic N) is 3. The molecule has 1 amide bonds. The predicted molar refractivity (Wildman–Crippen MR) is 102 cm³/mol. The van der Waals surface area contributed by atoms with E-state index in [4.69, 9.17) is 0 Å². The van der Waals surface area contributed by atoms with Gasteiger partial charge in [0.05, 0.1) is 10.7 Å². The molecular weight excluding hydrogens is 372 g/mol. The molecule has 1 aliphatic rings. The number of amides is 1. The molecule has 0 unspecified atom stereocenters. The van der Waals surface area contributed by atoms with Gasteiger partial charge in [-0.15, -0.1) is 11.3 Å². The topological polar surface area (TPSA) is 98.0 Å². The molecule has 2 aromatic heterocycles. The van der Waals surface area contributed by atoms with Gasteiger partial charge in [-0.2, -0.15) is 0 Å². The number of rotatable bonds is 5. The summed E-state index contributed by atoms with van der Waals surface area (Å²) in [7, 11) is 0. The highest BCUT2D eigenvalue weighted by atomic mass is 32.2. The smallest absolute Gasteiger partial charge is 0.269 e. The van der Waals surface area contributed by atoms with Gasteiger partial charge in [0, 0.05) is 28.1 Å². The first-order chi connectivity index (χ1) is 12.6. The Morgan fingerprint density at radius 3 is 2.85 bits per heavy atom. The number of carbonyl (C=O) groups excluding carboxylic acids is 1. The van der Waals surface area contributed by atoms with E-state index in [-0.39, 0.29) is 17.3 Å². The molecule has 0 bridgehead atoms. The van der Waals surface area contributed by atoms with Gasteiger partial charge in [-0.3, -0.25) is 14.9 Å². The van der Waals surface area contributed by atoms with Crippen LogP contribution in [0.3, 0.4) is 0 Å². The number of hydrogen-bond donors (Lipinski definition) is 1. The summed E-state index contributed by atoms with van der Waals surface area (Å²) in [6.07, 6.45) is 4.85. The zero-order chi connectivity index (χ0) is 18.1. The second-order valence-corrected chi connectivity index (χ2v) is 7.90. The van der Waals surface area contributed by atoms with Crippen LogP contribution in [0.4, 0.5) is 11.4 Å². The van der Waals surface area contributed by atoms with Gasteiger partial charge in [0.2, 0.25) is 5.91 Å². The van der Waals surface area contributed by atoms with E-state index in [1.165, 1.54) is 46.5 Å². The Hall–Kier alpha value is -2.52. The molecular formula is C17H14N4O3S2. The lowest BCUT2D eigenvalue weighted by Crippen LogP contribution is -2.14. The fourth-order valence-electron chi connectivity index (χ4n) is 3.01. The largest absolute Gasteiger partial charge is 0.325 e. The molecule has 0 saturated heterocycles. The van der Waals surface area contributed by atoms with Crippen LogP contribution in [0.5, 0.6) is 0 Å². The number of hydrogen-bond acceptors (Lipinski definition) is 7. The lowest BCUT2D eigenvalue weighted by atomic mass is 10.2. The van der Waals surface area contributed by atoms with E-state index in [0.717, 1.165) is 34.5 Å². The molecule has 0 aliphatic heterocycles. The molecule has 0 atom stereocenters. The van der Waals surface area contributed by atoms with Gasteiger partial charge in [-0.25, -0.2) is 9.97 Å². The SMILES string of the molecule is O=C(CSc1ncnc2sc3c(c12)CCC3)Nc1ccc([N+](=O)[O-])cc1. The van der Waals surface area contributed by atoms with E-state index in [2.05, 4.69) is 15.3 Å². The van der Waals surface area contributed by atoms with Gasteiger partial charge in [0.25, 0.3) is 5.69 Å². The summed E-state index contributed by atoms with van der Waals surface area (Å²) in [5, 5.41) is 15.3. The summed E-state index contributed by atoms with van der Waals surface area (Å²) in [6.45, 7) is 0. The Kier molecular flexibility index (Phi) is 4.56. The number of nitro benzene ring substituents is 1. The molecule has 0 spiro atoms. The van der Waals surface area contributed by atoms with Crippen LogP contribution in [-0.2, 0) is 17.6 Å². The number of thiophene rings is 1. The third-order valence-corrected chi connectivity index (χ3v) is 6.36. The maximum absolute atomic E-state index is 12.2. The quantitative estimate of drug-likeness (QED) is 0.310. The second kappa shape index (κ2) is 7.00. The summed E-state index contributed by atoms with van der Waals surface area (Å²) in [6, 6.07) is 5.78. The number of benzene rings is 1. The van der Waals surface area contributed by atoms with Crippen molar-refractivity contribution in [3.8, 4) is 0 Å². The number of nitrogens with one attached hydrogen (secondary N) is 1. The summed E-state index contributed by atoms with van der Waals surface area (Å²) in [5.41, 5.74) is 1.86. The highest BCUT2D eigenvalue weighted by Gasteiger charge is 2.21. The molecule has 4 rings (SSSR count). The Balaban J connectivity index is 1.45. The zero-order valence-electron chi connectivity index (χ0n) is 13.6. The molecule has 7 nitrogen and oxygen atoms in total. The minimum absolute atomic E-state index is 0.00735. The van der Waals surface area contributed by atoms with Gasteiger partial charge in [-0.05, 0) is 37.0 Å². The van der Waals surface area contributed by atoms with Crippen LogP contribution in [0.15, 0.2) is 35.6 Å². The van der Waals surface area contributed by atoms with E-state index in [0.29, 0.717) is 5.69 Å². The molecule has 26 heavy (non-hydrogen) atoms. The van der Waals surface area contributed by atoms with Gasteiger partial charge >= 0.3 is 0 Å². The third-order valence-electron chi connectivity index (χ3n) is 4.17. The average molecular weight is 386 g/mol. The maximum Gasteiger partial charge on any atom is 0.269 e. The van der Waals surface area contributed by atoms with Crippen molar-refractivity contribution in [2.45, 2.75) is 24.3 Å². The molecule has 1 aromatic carbocycles. The molecule has 9 heteroatoms. The predicted octanol–water partition coefficient (Wildman–Crippen LogP) is 3.82. The number of nitro groups is 1. The second-order valence-electron chi connectivity index (χ2n) is 5.86. The van der Waals surface area contributed by atoms with E-state index in [1.807, 2.05) is 0 Å². The van der Waals surface area contributed by atoms with Gasteiger partial charge < -0.3 is 5.32 Å². The highest BCUT2D eigenvalue weighted by Crippen LogP contribution is 2.39. The maximum atomic E-state index is 12.2. The fraction of sp³-hybridized carbons (Fsp3) is 0.235. The van der Waals surface area contributed by atoms with Crippen LogP contribution in [0.2, 0.25) is 0 Å². The normalized spacial score (nSPS) is 12.9. The van der Waals surface area contributed by atoms with Crippen molar-refractivity contribution >= 4 is 50.6 Å². The fourth-order valence-corrected chi connectivity index (χ4v) is 5.13. The number of aryl methyl sites for hydroxylation is 2. The molecule has 0 radical (unpaired) electrons. The van der Waals surface area contributed by atoms with Crippen molar-refractivity contribution in [1.29, 1.82) is 0 Å². The first-order valence-corrected chi connectivity index (χ1v) is 9.84. The first-order valence-electron chi connectivity index (χ1n) is 8.04. The lowest BCUT2D eigenvalue weighted by Gasteiger charge is -2.06. The minimum atomic E-state index is -0.471. The average Bonchev–Trinajstić information content (AvgIpc) is 3.21. The minimum Gasteiger partial charge on any atom is -0.325 e. The van der Waals surface area contributed by atoms with Crippen molar-refractivity contribution in [3.63, 3.8) is 0 Å². The van der Waals surface area contributed by atoms with Crippen LogP contribution in [-0.4, -0.2) is 26.6 Å². The van der Waals surface area contributed by atoms with Crippen molar-refractivity contribution in [3.05, 3.63) is 51.1 Å². The molecule has 132 valence electrons. The summed E-state index contributed by atoms with van der Waals surface area (Å²) < 4.78 is 0. The molecule has 2 heterocycles. The monoisotopic (exact) mass is 386 g/mol. The number of thioether (sulfide) groups is 1. The number of fused-ring (bicyclic) bond motifs is 3. The van der Waals surface area contributed by atoms with Gasteiger partial charge in [-0.1, -0.05) is 11.8 Å². The Morgan fingerprint density at radius 1 is 1.27 bits per heavy atom. The van der Waals surface area contributed by atoms with Crippen molar-refractivity contribution in [2.75, 3.05) is 11.1 Å².